The highest BCUT2D eigenvalue weighted by Gasteiger charge is 2.13. The van der Waals surface area contributed by atoms with Gasteiger partial charge in [0.2, 0.25) is 0 Å². The second-order valence-electron chi connectivity index (χ2n) is 4.07. The van der Waals surface area contributed by atoms with Gasteiger partial charge in [-0.25, -0.2) is 9.59 Å². The quantitative estimate of drug-likeness (QED) is 0.569. The van der Waals surface area contributed by atoms with Crippen molar-refractivity contribution in [2.75, 3.05) is 6.54 Å². The Morgan fingerprint density at radius 2 is 2.15 bits per heavy atom. The van der Waals surface area contributed by atoms with Gasteiger partial charge in [-0.05, 0) is 24.1 Å². The van der Waals surface area contributed by atoms with Crippen LogP contribution in [0.5, 0.6) is 5.75 Å². The van der Waals surface area contributed by atoms with Crippen LogP contribution in [-0.2, 0) is 6.42 Å². The molecule has 1 aromatic carbocycles. The molecule has 0 spiro atoms. The number of carbonyl (C=O) groups excluding carboxylic acids is 1. The van der Waals surface area contributed by atoms with Gasteiger partial charge in [-0.3, -0.25) is 4.79 Å². The molecule has 0 saturated carbocycles. The molecule has 0 aliphatic carbocycles. The number of phenols is 1. The highest BCUT2D eigenvalue weighted by molar-refractivity contribution is 5.98. The molecule has 0 saturated heterocycles. The van der Waals surface area contributed by atoms with E-state index in [0.29, 0.717) is 17.2 Å². The van der Waals surface area contributed by atoms with Crippen molar-refractivity contribution in [3.05, 3.63) is 39.7 Å². The average molecular weight is 277 g/mol. The van der Waals surface area contributed by atoms with Gasteiger partial charge in [0.25, 0.3) is 0 Å². The Hall–Kier alpha value is -2.83. The molecule has 2 aromatic rings. The standard InChI is InChI=1S/C13H11NO6/c15-6-9-10(16)2-1-8-7(3-4-14-13(18)19)5-11(17)20-12(8)9/h1-2,5-6,14,16H,3-4H2,(H,18,19). The first-order chi connectivity index (χ1) is 9.52. The SMILES string of the molecule is O=Cc1c(O)ccc2c(CCNC(=O)O)cc(=O)oc12. The lowest BCUT2D eigenvalue weighted by Crippen LogP contribution is -2.23. The minimum absolute atomic E-state index is 0.00201. The molecule has 20 heavy (non-hydrogen) atoms. The molecule has 7 nitrogen and oxygen atoms in total. The minimum Gasteiger partial charge on any atom is -0.507 e. The molecule has 0 atom stereocenters. The first kappa shape index (κ1) is 13.6. The van der Waals surface area contributed by atoms with Crippen LogP contribution in [0.25, 0.3) is 11.0 Å². The normalized spacial score (nSPS) is 10.4. The number of hydrogen-bond donors (Lipinski definition) is 3. The molecular formula is C13H11NO6. The number of aromatic hydroxyl groups is 1. The van der Waals surface area contributed by atoms with Crippen molar-refractivity contribution >= 4 is 23.3 Å². The van der Waals surface area contributed by atoms with Crippen LogP contribution in [0.3, 0.4) is 0 Å². The van der Waals surface area contributed by atoms with Crippen molar-refractivity contribution in [3.63, 3.8) is 0 Å². The molecule has 0 fully saturated rings. The Balaban J connectivity index is 2.52. The third kappa shape index (κ3) is 2.61. The van der Waals surface area contributed by atoms with Crippen molar-refractivity contribution in [1.29, 1.82) is 0 Å². The highest BCUT2D eigenvalue weighted by Crippen LogP contribution is 2.26. The Morgan fingerprint density at radius 3 is 2.80 bits per heavy atom. The van der Waals surface area contributed by atoms with Crippen LogP contribution >= 0.6 is 0 Å². The predicted octanol–water partition coefficient (Wildman–Crippen LogP) is 1.12. The minimum atomic E-state index is -1.16. The summed E-state index contributed by atoms with van der Waals surface area (Å²) in [6, 6.07) is 4.06. The van der Waals surface area contributed by atoms with Crippen molar-refractivity contribution in [2.45, 2.75) is 6.42 Å². The van der Waals surface area contributed by atoms with Gasteiger partial charge >= 0.3 is 11.7 Å². The third-order valence-electron chi connectivity index (χ3n) is 2.80. The first-order valence-electron chi connectivity index (χ1n) is 5.73. The Morgan fingerprint density at radius 1 is 1.40 bits per heavy atom. The van der Waals surface area contributed by atoms with E-state index in [4.69, 9.17) is 9.52 Å². The maximum absolute atomic E-state index is 11.5. The molecule has 0 unspecified atom stereocenters. The summed E-state index contributed by atoms with van der Waals surface area (Å²) >= 11 is 0. The molecule has 0 radical (unpaired) electrons. The molecule has 0 aliphatic rings. The van der Waals surface area contributed by atoms with E-state index in [1.807, 2.05) is 0 Å². The van der Waals surface area contributed by atoms with Gasteiger partial charge in [0.05, 0.1) is 5.56 Å². The Bertz CT molecular complexity index is 733. The van der Waals surface area contributed by atoms with Gasteiger partial charge in [-0.1, -0.05) is 0 Å². The maximum Gasteiger partial charge on any atom is 0.404 e. The fourth-order valence-corrected chi connectivity index (χ4v) is 1.93. The topological polar surface area (TPSA) is 117 Å². The van der Waals surface area contributed by atoms with Gasteiger partial charge in [0.1, 0.15) is 5.75 Å². The average Bonchev–Trinajstić information content (AvgIpc) is 2.37. The van der Waals surface area contributed by atoms with E-state index in [1.165, 1.54) is 18.2 Å². The third-order valence-corrected chi connectivity index (χ3v) is 2.80. The molecule has 104 valence electrons. The van der Waals surface area contributed by atoms with Crippen molar-refractivity contribution in [2.24, 2.45) is 0 Å². The summed E-state index contributed by atoms with van der Waals surface area (Å²) in [5.74, 6) is -0.281. The van der Waals surface area contributed by atoms with E-state index < -0.39 is 11.7 Å². The van der Waals surface area contributed by atoms with E-state index in [-0.39, 0.29) is 29.9 Å². The smallest absolute Gasteiger partial charge is 0.404 e. The van der Waals surface area contributed by atoms with Crippen LogP contribution < -0.4 is 10.9 Å². The number of carboxylic acid groups (broad SMARTS) is 1. The lowest BCUT2D eigenvalue weighted by Gasteiger charge is -2.07. The highest BCUT2D eigenvalue weighted by atomic mass is 16.4. The largest absolute Gasteiger partial charge is 0.507 e. The molecule has 1 aromatic heterocycles. The fourth-order valence-electron chi connectivity index (χ4n) is 1.93. The molecule has 1 heterocycles. The summed E-state index contributed by atoms with van der Waals surface area (Å²) < 4.78 is 4.95. The van der Waals surface area contributed by atoms with Crippen LogP contribution in [0.15, 0.2) is 27.4 Å². The lowest BCUT2D eigenvalue weighted by atomic mass is 10.0. The second kappa shape index (κ2) is 5.43. The summed E-state index contributed by atoms with van der Waals surface area (Å²) in [4.78, 5) is 32.8. The predicted molar refractivity (Wildman–Crippen MR) is 69.3 cm³/mol. The number of hydrogen-bond acceptors (Lipinski definition) is 5. The Kier molecular flexibility index (Phi) is 3.69. The van der Waals surface area contributed by atoms with Crippen LogP contribution in [0, 0.1) is 0 Å². The maximum atomic E-state index is 11.5. The van der Waals surface area contributed by atoms with Crippen LogP contribution in [0.4, 0.5) is 4.79 Å². The number of nitrogens with one attached hydrogen (secondary N) is 1. The fraction of sp³-hybridized carbons (Fsp3) is 0.154. The summed E-state index contributed by atoms with van der Waals surface area (Å²) in [5, 5.41) is 20.7. The number of carbonyl (C=O) groups is 2. The van der Waals surface area contributed by atoms with Gasteiger partial charge in [-0.2, -0.15) is 0 Å². The van der Waals surface area contributed by atoms with Crippen molar-refractivity contribution in [3.8, 4) is 5.75 Å². The lowest BCUT2D eigenvalue weighted by molar-refractivity contribution is 0.112. The number of fused-ring (bicyclic) bond motifs is 1. The van der Waals surface area contributed by atoms with Gasteiger partial charge in [0, 0.05) is 18.0 Å². The van der Waals surface area contributed by atoms with Crippen molar-refractivity contribution in [1.82, 2.24) is 5.32 Å². The van der Waals surface area contributed by atoms with E-state index in [0.717, 1.165) is 0 Å². The van der Waals surface area contributed by atoms with Gasteiger partial charge in [-0.15, -0.1) is 0 Å². The van der Waals surface area contributed by atoms with E-state index in [9.17, 15) is 19.5 Å². The molecule has 3 N–H and O–H groups in total. The molecule has 0 bridgehead atoms. The summed E-state index contributed by atoms with van der Waals surface area (Å²) in [6.07, 6.45) is -0.499. The molecule has 2 rings (SSSR count). The number of rotatable bonds is 4. The second-order valence-corrected chi connectivity index (χ2v) is 4.07. The number of benzene rings is 1. The van der Waals surface area contributed by atoms with Crippen LogP contribution in [0.1, 0.15) is 15.9 Å². The van der Waals surface area contributed by atoms with Crippen molar-refractivity contribution < 1.29 is 24.2 Å². The Labute approximate surface area is 112 Å². The zero-order valence-electron chi connectivity index (χ0n) is 10.3. The van der Waals surface area contributed by atoms with Crippen LogP contribution in [0.2, 0.25) is 0 Å². The molecule has 1 amide bonds. The van der Waals surface area contributed by atoms with Gasteiger partial charge in [0.15, 0.2) is 11.9 Å². The molecule has 0 aliphatic heterocycles. The van der Waals surface area contributed by atoms with E-state index in [2.05, 4.69) is 5.32 Å². The summed E-state index contributed by atoms with van der Waals surface area (Å²) in [6.45, 7) is 0.116. The van der Waals surface area contributed by atoms with E-state index in [1.54, 1.807) is 0 Å². The first-order valence-corrected chi connectivity index (χ1v) is 5.73. The monoisotopic (exact) mass is 277 g/mol. The zero-order chi connectivity index (χ0) is 14.7. The number of amides is 1. The summed E-state index contributed by atoms with van der Waals surface area (Å²) in [5.41, 5.74) is -0.241. The number of aldehydes is 1. The molecule has 7 heteroatoms. The molecular weight excluding hydrogens is 266 g/mol. The van der Waals surface area contributed by atoms with E-state index >= 15 is 0 Å². The van der Waals surface area contributed by atoms with Gasteiger partial charge < -0.3 is 19.9 Å². The van der Waals surface area contributed by atoms with Crippen LogP contribution in [-0.4, -0.2) is 29.1 Å². The zero-order valence-corrected chi connectivity index (χ0v) is 10.3. The number of phenolic OH excluding ortho intramolecular Hbond substituents is 1. The summed E-state index contributed by atoms with van der Waals surface area (Å²) in [7, 11) is 0.